The van der Waals surface area contributed by atoms with E-state index in [1.807, 2.05) is 12.1 Å². The van der Waals surface area contributed by atoms with Gasteiger partial charge in [0.2, 0.25) is 0 Å². The maximum atomic E-state index is 5.35. The Kier molecular flexibility index (Phi) is 3.32. The maximum absolute atomic E-state index is 5.35. The summed E-state index contributed by atoms with van der Waals surface area (Å²) >= 11 is 7.00. The van der Waals surface area contributed by atoms with Crippen LogP contribution >= 0.6 is 31.9 Å². The van der Waals surface area contributed by atoms with Gasteiger partial charge in [0.15, 0.2) is 0 Å². The van der Waals surface area contributed by atoms with Crippen molar-refractivity contribution in [1.29, 1.82) is 0 Å². The molecule has 0 radical (unpaired) electrons. The van der Waals surface area contributed by atoms with Crippen LogP contribution in [-0.2, 0) is 5.33 Å². The first-order valence-corrected chi connectivity index (χ1v) is 6.49. The van der Waals surface area contributed by atoms with Crippen molar-refractivity contribution in [2.24, 2.45) is 0 Å². The largest absolute Gasteiger partial charge is 0.496 e. The molecule has 0 unspecified atom stereocenters. The van der Waals surface area contributed by atoms with E-state index in [4.69, 9.17) is 4.74 Å². The van der Waals surface area contributed by atoms with E-state index in [1.54, 1.807) is 7.11 Å². The Bertz CT molecular complexity index is 494. The quantitative estimate of drug-likeness (QED) is 0.737. The van der Waals surface area contributed by atoms with Crippen molar-refractivity contribution in [2.45, 2.75) is 5.33 Å². The number of fused-ring (bicyclic) bond motifs is 1. The monoisotopic (exact) mass is 328 g/mol. The normalized spacial score (nSPS) is 10.6. The highest BCUT2D eigenvalue weighted by Gasteiger charge is 2.05. The number of methoxy groups -OCH3 is 1. The molecule has 3 heteroatoms. The summed E-state index contributed by atoms with van der Waals surface area (Å²) in [4.78, 5) is 0. The van der Waals surface area contributed by atoms with Gasteiger partial charge in [-0.15, -0.1) is 0 Å². The summed E-state index contributed by atoms with van der Waals surface area (Å²) in [5.41, 5.74) is 1.25. The van der Waals surface area contributed by atoms with Gasteiger partial charge in [0.05, 0.1) is 7.11 Å². The van der Waals surface area contributed by atoms with Gasteiger partial charge in [-0.05, 0) is 29.1 Å². The fourth-order valence-electron chi connectivity index (χ4n) is 1.59. The Morgan fingerprint density at radius 3 is 2.60 bits per heavy atom. The van der Waals surface area contributed by atoms with Crippen molar-refractivity contribution < 1.29 is 4.74 Å². The van der Waals surface area contributed by atoms with E-state index in [2.05, 4.69) is 50.1 Å². The highest BCUT2D eigenvalue weighted by molar-refractivity contribution is 9.10. The van der Waals surface area contributed by atoms with Crippen molar-refractivity contribution in [3.63, 3.8) is 0 Å². The second-order valence-corrected chi connectivity index (χ2v) is 4.68. The summed E-state index contributed by atoms with van der Waals surface area (Å²) in [5.74, 6) is 0.913. The van der Waals surface area contributed by atoms with Gasteiger partial charge in [0.25, 0.3) is 0 Å². The van der Waals surface area contributed by atoms with Gasteiger partial charge in [-0.25, -0.2) is 0 Å². The number of hydrogen-bond donors (Lipinski definition) is 0. The minimum absolute atomic E-state index is 0.860. The van der Waals surface area contributed by atoms with Crippen LogP contribution < -0.4 is 4.74 Å². The van der Waals surface area contributed by atoms with Gasteiger partial charge in [-0.1, -0.05) is 44.0 Å². The van der Waals surface area contributed by atoms with E-state index in [0.29, 0.717) is 0 Å². The predicted molar refractivity (Wildman–Crippen MR) is 70.8 cm³/mol. The maximum Gasteiger partial charge on any atom is 0.126 e. The minimum Gasteiger partial charge on any atom is -0.496 e. The van der Waals surface area contributed by atoms with Gasteiger partial charge >= 0.3 is 0 Å². The fraction of sp³-hybridized carbons (Fsp3) is 0.167. The lowest BCUT2D eigenvalue weighted by Crippen LogP contribution is -1.87. The standard InChI is InChI=1S/C12H10Br2O/c1-15-12-5-4-11(14)9-3-2-8(7-13)6-10(9)12/h2-6H,7H2,1H3. The Balaban J connectivity index is 2.77. The summed E-state index contributed by atoms with van der Waals surface area (Å²) in [6, 6.07) is 10.4. The molecule has 0 atom stereocenters. The predicted octanol–water partition coefficient (Wildman–Crippen LogP) is 4.51. The average molecular weight is 330 g/mol. The van der Waals surface area contributed by atoms with Crippen LogP contribution in [0.5, 0.6) is 5.75 Å². The summed E-state index contributed by atoms with van der Waals surface area (Å²) in [6.07, 6.45) is 0. The van der Waals surface area contributed by atoms with Crippen LogP contribution in [-0.4, -0.2) is 7.11 Å². The Hall–Kier alpha value is -0.540. The summed E-state index contributed by atoms with van der Waals surface area (Å²) in [5, 5.41) is 3.18. The van der Waals surface area contributed by atoms with Crippen molar-refractivity contribution in [3.8, 4) is 5.75 Å². The van der Waals surface area contributed by atoms with Crippen molar-refractivity contribution in [3.05, 3.63) is 40.4 Å². The highest BCUT2D eigenvalue weighted by atomic mass is 79.9. The molecule has 0 N–H and O–H groups in total. The first-order valence-electron chi connectivity index (χ1n) is 4.57. The van der Waals surface area contributed by atoms with Crippen LogP contribution in [0.15, 0.2) is 34.8 Å². The van der Waals surface area contributed by atoms with Crippen LogP contribution in [0.2, 0.25) is 0 Å². The molecule has 0 amide bonds. The first-order chi connectivity index (χ1) is 7.26. The molecule has 1 nitrogen and oxygen atoms in total. The molecule has 2 aromatic carbocycles. The number of alkyl halides is 1. The highest BCUT2D eigenvalue weighted by Crippen LogP contribution is 2.32. The number of ether oxygens (including phenoxy) is 1. The van der Waals surface area contributed by atoms with E-state index in [0.717, 1.165) is 20.9 Å². The second kappa shape index (κ2) is 4.54. The Labute approximate surface area is 106 Å². The molecule has 2 rings (SSSR count). The number of halogens is 2. The number of rotatable bonds is 2. The molecule has 0 aromatic heterocycles. The molecular formula is C12H10Br2O. The molecule has 0 aliphatic heterocycles. The number of benzene rings is 2. The molecule has 2 aromatic rings. The SMILES string of the molecule is COc1ccc(Br)c2ccc(CBr)cc12. The molecular weight excluding hydrogens is 320 g/mol. The lowest BCUT2D eigenvalue weighted by atomic mass is 10.1. The van der Waals surface area contributed by atoms with Gasteiger partial charge < -0.3 is 4.74 Å². The van der Waals surface area contributed by atoms with Gasteiger partial charge in [-0.3, -0.25) is 0 Å². The zero-order chi connectivity index (χ0) is 10.8. The molecule has 0 bridgehead atoms. The molecule has 15 heavy (non-hydrogen) atoms. The Morgan fingerprint density at radius 2 is 1.93 bits per heavy atom. The summed E-state index contributed by atoms with van der Waals surface area (Å²) in [7, 11) is 1.70. The third kappa shape index (κ3) is 2.04. The van der Waals surface area contributed by atoms with E-state index >= 15 is 0 Å². The van der Waals surface area contributed by atoms with E-state index < -0.39 is 0 Å². The van der Waals surface area contributed by atoms with Crippen LogP contribution in [0.3, 0.4) is 0 Å². The lowest BCUT2D eigenvalue weighted by Gasteiger charge is -2.08. The number of hydrogen-bond acceptors (Lipinski definition) is 1. The van der Waals surface area contributed by atoms with Gasteiger partial charge in [0, 0.05) is 15.2 Å². The summed E-state index contributed by atoms with van der Waals surface area (Å²) in [6.45, 7) is 0. The van der Waals surface area contributed by atoms with Crippen LogP contribution in [0.1, 0.15) is 5.56 Å². The molecule has 0 saturated heterocycles. The van der Waals surface area contributed by atoms with E-state index in [-0.39, 0.29) is 0 Å². The van der Waals surface area contributed by atoms with Crippen LogP contribution in [0.4, 0.5) is 0 Å². The second-order valence-electron chi connectivity index (χ2n) is 3.26. The van der Waals surface area contributed by atoms with Crippen molar-refractivity contribution in [2.75, 3.05) is 7.11 Å². The zero-order valence-corrected chi connectivity index (χ0v) is 11.4. The lowest BCUT2D eigenvalue weighted by molar-refractivity contribution is 0.420. The topological polar surface area (TPSA) is 9.23 Å². The zero-order valence-electron chi connectivity index (χ0n) is 8.26. The van der Waals surface area contributed by atoms with E-state index in [9.17, 15) is 0 Å². The van der Waals surface area contributed by atoms with Gasteiger partial charge in [-0.2, -0.15) is 0 Å². The first kappa shape index (κ1) is 11.0. The Morgan fingerprint density at radius 1 is 1.13 bits per heavy atom. The summed E-state index contributed by atoms with van der Waals surface area (Å²) < 4.78 is 6.44. The van der Waals surface area contributed by atoms with E-state index in [1.165, 1.54) is 10.9 Å². The minimum atomic E-state index is 0.860. The third-order valence-electron chi connectivity index (χ3n) is 2.36. The third-order valence-corrected chi connectivity index (χ3v) is 3.70. The molecule has 0 aliphatic rings. The fourth-order valence-corrected chi connectivity index (χ4v) is 2.42. The van der Waals surface area contributed by atoms with Crippen molar-refractivity contribution >= 4 is 42.6 Å². The smallest absolute Gasteiger partial charge is 0.126 e. The molecule has 0 saturated carbocycles. The average Bonchev–Trinajstić information content (AvgIpc) is 2.29. The van der Waals surface area contributed by atoms with Gasteiger partial charge in [0.1, 0.15) is 5.75 Å². The molecule has 0 aliphatic carbocycles. The molecule has 0 heterocycles. The molecule has 0 spiro atoms. The molecule has 0 fully saturated rings. The van der Waals surface area contributed by atoms with Crippen LogP contribution in [0, 0.1) is 0 Å². The van der Waals surface area contributed by atoms with Crippen molar-refractivity contribution in [1.82, 2.24) is 0 Å². The molecule has 78 valence electrons. The van der Waals surface area contributed by atoms with Crippen LogP contribution in [0.25, 0.3) is 10.8 Å².